The van der Waals surface area contributed by atoms with Crippen molar-refractivity contribution in [3.05, 3.63) is 54.1 Å². The summed E-state index contributed by atoms with van der Waals surface area (Å²) in [4.78, 5) is 26.1. The topological polar surface area (TPSA) is 59.0 Å². The van der Waals surface area contributed by atoms with E-state index in [2.05, 4.69) is 17.3 Å². The summed E-state index contributed by atoms with van der Waals surface area (Å²) >= 11 is 0. The second-order valence-corrected chi connectivity index (χ2v) is 8.29. The summed E-state index contributed by atoms with van der Waals surface area (Å²) in [5.74, 6) is 1.54. The predicted octanol–water partition coefficient (Wildman–Crippen LogP) is 3.24. The van der Waals surface area contributed by atoms with Gasteiger partial charge in [-0.25, -0.2) is 0 Å². The fourth-order valence-electron chi connectivity index (χ4n) is 5.76. The van der Waals surface area contributed by atoms with Crippen LogP contribution >= 0.6 is 0 Å². The van der Waals surface area contributed by atoms with Crippen LogP contribution in [0.5, 0.6) is 5.75 Å². The quantitative estimate of drug-likeness (QED) is 0.472. The molecule has 0 aromatic heterocycles. The lowest BCUT2D eigenvalue weighted by molar-refractivity contribution is -0.140. The minimum atomic E-state index is -0.224. The maximum absolute atomic E-state index is 13.1. The first-order chi connectivity index (χ1) is 13.7. The van der Waals surface area contributed by atoms with Crippen LogP contribution in [0.15, 0.2) is 53.7 Å². The molecule has 5 heteroatoms. The molecule has 2 aromatic carbocycles. The number of hydrogen-bond acceptors (Lipinski definition) is 4. The summed E-state index contributed by atoms with van der Waals surface area (Å²) in [7, 11) is 1.61. The van der Waals surface area contributed by atoms with Gasteiger partial charge in [-0.3, -0.25) is 9.59 Å². The van der Waals surface area contributed by atoms with Gasteiger partial charge in [-0.15, -0.1) is 0 Å². The summed E-state index contributed by atoms with van der Waals surface area (Å²) in [5.41, 5.74) is 0.778. The van der Waals surface area contributed by atoms with Crippen molar-refractivity contribution < 1.29 is 14.3 Å². The number of amides is 2. The molecule has 3 fully saturated rings. The number of allylic oxidation sites excluding steroid dienone is 2. The monoisotopic (exact) mass is 372 g/mol. The van der Waals surface area contributed by atoms with Crippen LogP contribution in [0.2, 0.25) is 0 Å². The standard InChI is InChI=1S/C23H20N2O3/c1-28-19-9-6-12-4-2-3-5-13(12)18(19)11-24-25-22(26)20-14-7-8-15(17-10-16(14)17)21(20)23(25)27/h2-9,11,14-17,20-21H,10H2,1H3/b24-11-/t14-,15+,16-,17-,20+,21-/m1/s1. The molecule has 0 unspecified atom stereocenters. The van der Waals surface area contributed by atoms with Gasteiger partial charge in [-0.2, -0.15) is 10.1 Å². The van der Waals surface area contributed by atoms with E-state index in [4.69, 9.17) is 4.74 Å². The molecule has 0 N–H and O–H groups in total. The Bertz CT molecular complexity index is 1050. The fourth-order valence-corrected chi connectivity index (χ4v) is 5.76. The SMILES string of the molecule is COc1ccc2ccccc2c1/C=N\N1C(=O)[C@@H]2[C@H]3C=C[C@H]([C@H]4C[C@H]34)[C@@H]2C1=O. The Morgan fingerprint density at radius 3 is 2.36 bits per heavy atom. The van der Waals surface area contributed by atoms with E-state index in [0.717, 1.165) is 27.8 Å². The average molecular weight is 372 g/mol. The second-order valence-electron chi connectivity index (χ2n) is 8.29. The predicted molar refractivity (Wildman–Crippen MR) is 105 cm³/mol. The van der Waals surface area contributed by atoms with Crippen molar-refractivity contribution in [2.24, 2.45) is 40.6 Å². The third-order valence-electron chi connectivity index (χ3n) is 7.09. The lowest BCUT2D eigenvalue weighted by Crippen LogP contribution is -2.40. The fraction of sp³-hybridized carbons (Fsp3) is 0.348. The Labute approximate surface area is 162 Å². The number of carbonyl (C=O) groups excluding carboxylic acids is 2. The van der Waals surface area contributed by atoms with Gasteiger partial charge < -0.3 is 4.74 Å². The molecule has 7 rings (SSSR count). The van der Waals surface area contributed by atoms with Gasteiger partial charge in [-0.1, -0.05) is 42.5 Å². The van der Waals surface area contributed by atoms with Crippen molar-refractivity contribution >= 4 is 28.8 Å². The van der Waals surface area contributed by atoms with Gasteiger partial charge in [0, 0.05) is 5.56 Å². The third kappa shape index (κ3) is 1.99. The molecule has 0 radical (unpaired) electrons. The van der Waals surface area contributed by atoms with E-state index in [1.54, 1.807) is 13.3 Å². The van der Waals surface area contributed by atoms with Gasteiger partial charge in [-0.05, 0) is 46.9 Å². The zero-order chi connectivity index (χ0) is 19.0. The lowest BCUT2D eigenvalue weighted by atomic mass is 9.63. The van der Waals surface area contributed by atoms with Crippen molar-refractivity contribution in [3.8, 4) is 5.75 Å². The highest BCUT2D eigenvalue weighted by Gasteiger charge is 2.67. The Balaban J connectivity index is 1.38. The number of nitrogens with zero attached hydrogens (tertiary/aromatic N) is 2. The molecule has 1 heterocycles. The van der Waals surface area contributed by atoms with Crippen molar-refractivity contribution in [2.45, 2.75) is 6.42 Å². The zero-order valence-electron chi connectivity index (χ0n) is 15.5. The number of hydrazone groups is 1. The lowest BCUT2D eigenvalue weighted by Gasteiger charge is -2.37. The summed E-state index contributed by atoms with van der Waals surface area (Å²) in [6, 6.07) is 11.8. The molecule has 28 heavy (non-hydrogen) atoms. The van der Waals surface area contributed by atoms with Gasteiger partial charge in [0.1, 0.15) is 5.75 Å². The molecule has 6 atom stereocenters. The number of ether oxygens (including phenoxy) is 1. The summed E-state index contributed by atoms with van der Waals surface area (Å²) < 4.78 is 5.49. The molecular formula is C23H20N2O3. The number of carbonyl (C=O) groups is 2. The molecule has 5 nitrogen and oxygen atoms in total. The highest BCUT2D eigenvalue weighted by molar-refractivity contribution is 6.08. The van der Waals surface area contributed by atoms with Crippen LogP contribution in [-0.2, 0) is 9.59 Å². The van der Waals surface area contributed by atoms with Crippen LogP contribution in [-0.4, -0.2) is 30.1 Å². The normalized spacial score (nSPS) is 35.0. The first-order valence-corrected chi connectivity index (χ1v) is 9.85. The molecule has 2 amide bonds. The molecule has 1 aliphatic heterocycles. The highest BCUT2D eigenvalue weighted by atomic mass is 16.5. The highest BCUT2D eigenvalue weighted by Crippen LogP contribution is 2.65. The number of methoxy groups -OCH3 is 1. The van der Waals surface area contributed by atoms with E-state index in [0.29, 0.717) is 17.6 Å². The Morgan fingerprint density at radius 1 is 1.00 bits per heavy atom. The minimum absolute atomic E-state index is 0.143. The summed E-state index contributed by atoms with van der Waals surface area (Å²) in [6.45, 7) is 0. The van der Waals surface area contributed by atoms with Crippen molar-refractivity contribution in [1.29, 1.82) is 0 Å². The van der Waals surface area contributed by atoms with Crippen LogP contribution in [0.25, 0.3) is 10.8 Å². The van der Waals surface area contributed by atoms with E-state index >= 15 is 0 Å². The Morgan fingerprint density at radius 2 is 1.68 bits per heavy atom. The summed E-state index contributed by atoms with van der Waals surface area (Å²) in [5, 5.41) is 7.53. The van der Waals surface area contributed by atoms with E-state index in [-0.39, 0.29) is 35.5 Å². The largest absolute Gasteiger partial charge is 0.496 e. The van der Waals surface area contributed by atoms with Crippen molar-refractivity contribution in [3.63, 3.8) is 0 Å². The van der Waals surface area contributed by atoms with Crippen LogP contribution in [0.3, 0.4) is 0 Å². The number of rotatable bonds is 3. The molecule has 140 valence electrons. The molecule has 0 spiro atoms. The third-order valence-corrected chi connectivity index (χ3v) is 7.09. The molecule has 2 saturated carbocycles. The minimum Gasteiger partial charge on any atom is -0.496 e. The maximum Gasteiger partial charge on any atom is 0.254 e. The first-order valence-electron chi connectivity index (χ1n) is 9.85. The van der Waals surface area contributed by atoms with E-state index < -0.39 is 0 Å². The second kappa shape index (κ2) is 5.53. The van der Waals surface area contributed by atoms with Crippen LogP contribution in [0, 0.1) is 35.5 Å². The van der Waals surface area contributed by atoms with E-state index in [1.807, 2.05) is 36.4 Å². The molecule has 5 aliphatic rings. The Kier molecular flexibility index (Phi) is 3.17. The van der Waals surface area contributed by atoms with Crippen molar-refractivity contribution in [2.75, 3.05) is 7.11 Å². The van der Waals surface area contributed by atoms with Crippen molar-refractivity contribution in [1.82, 2.24) is 5.01 Å². The van der Waals surface area contributed by atoms with Crippen LogP contribution < -0.4 is 4.74 Å². The number of hydrogen-bond donors (Lipinski definition) is 0. The van der Waals surface area contributed by atoms with Gasteiger partial charge in [0.15, 0.2) is 0 Å². The molecule has 1 saturated heterocycles. The Hall–Kier alpha value is -2.95. The van der Waals surface area contributed by atoms with Gasteiger partial charge in [0.05, 0.1) is 25.2 Å². The zero-order valence-corrected chi connectivity index (χ0v) is 15.5. The average Bonchev–Trinajstić information content (AvgIpc) is 3.51. The number of benzene rings is 2. The summed E-state index contributed by atoms with van der Waals surface area (Å²) in [6.07, 6.45) is 7.11. The molecule has 2 aromatic rings. The smallest absolute Gasteiger partial charge is 0.254 e. The number of fused-ring (bicyclic) bond motifs is 1. The van der Waals surface area contributed by atoms with Gasteiger partial charge in [0.2, 0.25) is 0 Å². The maximum atomic E-state index is 13.1. The number of imide groups is 1. The molecular weight excluding hydrogens is 352 g/mol. The molecule has 4 aliphatic carbocycles. The van der Waals surface area contributed by atoms with E-state index in [1.165, 1.54) is 0 Å². The van der Waals surface area contributed by atoms with Gasteiger partial charge in [0.25, 0.3) is 11.8 Å². The molecule has 2 bridgehead atoms. The van der Waals surface area contributed by atoms with Crippen LogP contribution in [0.1, 0.15) is 12.0 Å². The van der Waals surface area contributed by atoms with E-state index in [9.17, 15) is 9.59 Å². The van der Waals surface area contributed by atoms with Crippen LogP contribution in [0.4, 0.5) is 0 Å². The van der Waals surface area contributed by atoms with Gasteiger partial charge >= 0.3 is 0 Å². The first kappa shape index (κ1) is 16.0.